The molecular weight excluding hydrogens is 397 g/mol. The molecule has 30 heavy (non-hydrogen) atoms. The summed E-state index contributed by atoms with van der Waals surface area (Å²) >= 11 is 0. The summed E-state index contributed by atoms with van der Waals surface area (Å²) in [5, 5.41) is 10.2. The van der Waals surface area contributed by atoms with Gasteiger partial charge in [0.1, 0.15) is 12.4 Å². The van der Waals surface area contributed by atoms with Crippen molar-refractivity contribution >= 4 is 5.91 Å². The van der Waals surface area contributed by atoms with Crippen molar-refractivity contribution in [2.45, 2.75) is 44.7 Å². The summed E-state index contributed by atoms with van der Waals surface area (Å²) in [7, 11) is 0. The summed E-state index contributed by atoms with van der Waals surface area (Å²) < 4.78 is 45.6. The Hall–Kier alpha value is -3.00. The van der Waals surface area contributed by atoms with E-state index in [9.17, 15) is 23.1 Å². The molecule has 0 aliphatic carbocycles. The number of nitrogens with one attached hydrogen (secondary N) is 1. The Bertz CT molecular complexity index is 924. The molecule has 5 nitrogen and oxygen atoms in total. The van der Waals surface area contributed by atoms with Gasteiger partial charge in [-0.25, -0.2) is 5.01 Å². The predicted molar refractivity (Wildman–Crippen MR) is 105 cm³/mol. The van der Waals surface area contributed by atoms with Gasteiger partial charge < -0.3 is 9.84 Å². The van der Waals surface area contributed by atoms with E-state index in [4.69, 9.17) is 4.74 Å². The second-order valence-electron chi connectivity index (χ2n) is 7.56. The largest absolute Gasteiger partial charge is 0.489 e. The van der Waals surface area contributed by atoms with Crippen molar-refractivity contribution in [3.63, 3.8) is 0 Å². The molecule has 1 fully saturated rings. The van der Waals surface area contributed by atoms with Crippen LogP contribution in [0.15, 0.2) is 60.8 Å². The number of carbonyl (C=O) groups is 1. The zero-order valence-corrected chi connectivity index (χ0v) is 16.7. The molecule has 0 bridgehead atoms. The Morgan fingerprint density at radius 2 is 1.80 bits per heavy atom. The van der Waals surface area contributed by atoms with Crippen LogP contribution in [0.4, 0.5) is 13.2 Å². The third kappa shape index (κ3) is 4.28. The number of carbonyl (C=O) groups excluding carboxylic acids is 1. The number of hydrogen-bond acceptors (Lipinski definition) is 4. The topological polar surface area (TPSA) is 61.8 Å². The Balaban J connectivity index is 1.67. The lowest BCUT2D eigenvalue weighted by atomic mass is 10.0. The van der Waals surface area contributed by atoms with Crippen LogP contribution in [-0.4, -0.2) is 27.9 Å². The van der Waals surface area contributed by atoms with Gasteiger partial charge in [0.2, 0.25) is 0 Å². The Kier molecular flexibility index (Phi) is 5.81. The van der Waals surface area contributed by atoms with Crippen LogP contribution in [0.1, 0.15) is 47.7 Å². The first-order valence-corrected chi connectivity index (χ1v) is 9.41. The molecule has 8 heteroatoms. The van der Waals surface area contributed by atoms with Crippen molar-refractivity contribution in [3.8, 4) is 5.75 Å². The summed E-state index contributed by atoms with van der Waals surface area (Å²) in [5.41, 5.74) is 0.702. The second-order valence-corrected chi connectivity index (χ2v) is 7.56. The van der Waals surface area contributed by atoms with Gasteiger partial charge in [0.05, 0.1) is 0 Å². The van der Waals surface area contributed by atoms with Crippen LogP contribution in [0.25, 0.3) is 0 Å². The van der Waals surface area contributed by atoms with E-state index in [0.717, 1.165) is 5.56 Å². The first-order valence-electron chi connectivity index (χ1n) is 9.41. The van der Waals surface area contributed by atoms with E-state index in [0.29, 0.717) is 11.7 Å². The fourth-order valence-corrected chi connectivity index (χ4v) is 3.10. The highest BCUT2D eigenvalue weighted by Crippen LogP contribution is 2.41. The number of nitrogens with zero attached hydrogens (tertiary/aromatic N) is 1. The number of rotatable bonds is 5. The van der Waals surface area contributed by atoms with Crippen molar-refractivity contribution < 1.29 is 27.8 Å². The van der Waals surface area contributed by atoms with Crippen LogP contribution in [0.3, 0.4) is 0 Å². The lowest BCUT2D eigenvalue weighted by Crippen LogP contribution is -2.59. The smallest absolute Gasteiger partial charge is 0.438 e. The number of alkyl halides is 3. The molecule has 0 spiro atoms. The third-order valence-corrected chi connectivity index (χ3v) is 4.91. The van der Waals surface area contributed by atoms with Gasteiger partial charge >= 0.3 is 6.18 Å². The molecule has 1 heterocycles. The third-order valence-electron chi connectivity index (χ3n) is 4.91. The first-order chi connectivity index (χ1) is 14.0. The van der Waals surface area contributed by atoms with Crippen molar-refractivity contribution in [1.82, 2.24) is 10.4 Å². The quantitative estimate of drug-likeness (QED) is 0.748. The van der Waals surface area contributed by atoms with Crippen molar-refractivity contribution in [2.24, 2.45) is 0 Å². The standard InChI is InChI=1S/C22H23F3N2O3/c1-14(2)17-8-10-19(11-9-17)30-13-16-4-6-18(7-5-16)20(28)27-21(29,22(23,24)25)12-15(3)26-27/h4-11,14,26,29H,3,12-13H2,1-2H3. The number of hydrazine groups is 1. The average Bonchev–Trinajstić information content (AvgIpc) is 3.02. The number of amides is 1. The van der Waals surface area contributed by atoms with Gasteiger partial charge in [-0.15, -0.1) is 0 Å². The number of hydrogen-bond donors (Lipinski definition) is 2. The highest BCUT2D eigenvalue weighted by Gasteiger charge is 2.63. The summed E-state index contributed by atoms with van der Waals surface area (Å²) in [6.07, 6.45) is -5.86. The van der Waals surface area contributed by atoms with Crippen LogP contribution in [0.2, 0.25) is 0 Å². The van der Waals surface area contributed by atoms with E-state index in [1.165, 1.54) is 17.7 Å². The molecule has 160 valence electrons. The lowest BCUT2D eigenvalue weighted by Gasteiger charge is -2.33. The predicted octanol–water partition coefficient (Wildman–Crippen LogP) is 4.50. The normalized spacial score (nSPS) is 19.2. The Labute approximate surface area is 172 Å². The molecule has 0 saturated carbocycles. The minimum absolute atomic E-state index is 0.00934. The fraction of sp³-hybridized carbons (Fsp3) is 0.318. The van der Waals surface area contributed by atoms with E-state index >= 15 is 0 Å². The summed E-state index contributed by atoms with van der Waals surface area (Å²) in [4.78, 5) is 12.6. The molecule has 2 aromatic rings. The SMILES string of the molecule is C=C1CC(O)(C(F)(F)F)N(C(=O)c2ccc(COc3ccc(C(C)C)cc3)cc2)N1. The number of benzene rings is 2. The molecule has 1 aliphatic heterocycles. The fourth-order valence-electron chi connectivity index (χ4n) is 3.10. The van der Waals surface area contributed by atoms with Crippen LogP contribution in [-0.2, 0) is 6.61 Å². The maximum Gasteiger partial charge on any atom is 0.438 e. The minimum Gasteiger partial charge on any atom is -0.489 e. The summed E-state index contributed by atoms with van der Waals surface area (Å²) in [6, 6.07) is 13.7. The molecule has 0 aromatic heterocycles. The first kappa shape index (κ1) is 21.7. The molecule has 3 rings (SSSR count). The van der Waals surface area contributed by atoms with Gasteiger partial charge in [-0.2, -0.15) is 13.2 Å². The maximum atomic E-state index is 13.3. The lowest BCUT2D eigenvalue weighted by molar-refractivity contribution is -0.299. The molecule has 1 atom stereocenters. The molecule has 1 saturated heterocycles. The summed E-state index contributed by atoms with van der Waals surface area (Å²) in [6.45, 7) is 7.82. The van der Waals surface area contributed by atoms with Gasteiger partial charge in [0, 0.05) is 17.7 Å². The number of halogens is 3. The van der Waals surface area contributed by atoms with Crippen molar-refractivity contribution in [3.05, 3.63) is 77.5 Å². The van der Waals surface area contributed by atoms with Gasteiger partial charge in [0.15, 0.2) is 0 Å². The minimum atomic E-state index is -5.03. The maximum absolute atomic E-state index is 13.3. The van der Waals surface area contributed by atoms with Crippen molar-refractivity contribution in [2.75, 3.05) is 0 Å². The van der Waals surface area contributed by atoms with E-state index in [2.05, 4.69) is 25.9 Å². The van der Waals surface area contributed by atoms with Crippen LogP contribution >= 0.6 is 0 Å². The molecule has 2 N–H and O–H groups in total. The molecule has 1 aliphatic rings. The molecule has 2 aromatic carbocycles. The number of aliphatic hydroxyl groups is 1. The van der Waals surface area contributed by atoms with E-state index < -0.39 is 24.2 Å². The van der Waals surface area contributed by atoms with Crippen molar-refractivity contribution in [1.29, 1.82) is 0 Å². The zero-order valence-electron chi connectivity index (χ0n) is 16.7. The highest BCUT2D eigenvalue weighted by atomic mass is 19.4. The molecule has 1 amide bonds. The van der Waals surface area contributed by atoms with E-state index in [1.54, 1.807) is 12.1 Å². The zero-order chi connectivity index (χ0) is 22.1. The van der Waals surface area contributed by atoms with Crippen LogP contribution < -0.4 is 10.2 Å². The highest BCUT2D eigenvalue weighted by molar-refractivity contribution is 5.94. The van der Waals surface area contributed by atoms with E-state index in [-0.39, 0.29) is 22.9 Å². The van der Waals surface area contributed by atoms with Gasteiger partial charge in [0.25, 0.3) is 11.6 Å². The van der Waals surface area contributed by atoms with Crippen LogP contribution in [0.5, 0.6) is 5.75 Å². The Morgan fingerprint density at radius 1 is 1.20 bits per heavy atom. The average molecular weight is 420 g/mol. The van der Waals surface area contributed by atoms with E-state index in [1.807, 2.05) is 24.3 Å². The molecule has 0 radical (unpaired) electrons. The summed E-state index contributed by atoms with van der Waals surface area (Å²) in [5.74, 6) is 0.0983. The Morgan fingerprint density at radius 3 is 2.33 bits per heavy atom. The van der Waals surface area contributed by atoms with Gasteiger partial charge in [-0.3, -0.25) is 10.2 Å². The van der Waals surface area contributed by atoms with Gasteiger partial charge in [-0.1, -0.05) is 44.7 Å². The molecular formula is C22H23F3N2O3. The van der Waals surface area contributed by atoms with Crippen LogP contribution in [0, 0.1) is 0 Å². The monoisotopic (exact) mass is 420 g/mol. The number of ether oxygens (including phenoxy) is 1. The molecule has 1 unspecified atom stereocenters. The van der Waals surface area contributed by atoms with Gasteiger partial charge in [-0.05, 0) is 41.3 Å². The second kappa shape index (κ2) is 8.02.